The molecule has 0 amide bonds. The first-order valence-corrected chi connectivity index (χ1v) is 1.84. The number of rotatable bonds is 0. The van der Waals surface area contributed by atoms with Crippen LogP contribution in [0.2, 0.25) is 0 Å². The Labute approximate surface area is 62.6 Å². The van der Waals surface area contributed by atoms with Crippen LogP contribution in [0.5, 0.6) is 0 Å². The molecule has 3 nitrogen and oxygen atoms in total. The fraction of sp³-hybridized carbons (Fsp3) is 0. The van der Waals surface area contributed by atoms with Crippen LogP contribution >= 0.6 is 0 Å². The van der Waals surface area contributed by atoms with E-state index < -0.39 is 9.17 Å². The Bertz CT molecular complexity index is 29.9. The molecule has 26 valence electrons. The minimum atomic E-state index is -3.63. The summed E-state index contributed by atoms with van der Waals surface area (Å²) >= 11 is 0. The van der Waals surface area contributed by atoms with E-state index in [4.69, 9.17) is 14.1 Å². The van der Waals surface area contributed by atoms with Gasteiger partial charge >= 0.3 is 39.9 Å². The SMILES string of the molecule is O=[Si]([O-])[O-].[Th+2]. The summed E-state index contributed by atoms with van der Waals surface area (Å²) in [6.07, 6.45) is 0. The molecule has 0 aromatic heterocycles. The molecule has 0 heterocycles. The molecule has 0 aliphatic carbocycles. The molecule has 0 bridgehead atoms. The van der Waals surface area contributed by atoms with Gasteiger partial charge in [0.25, 0.3) is 0 Å². The summed E-state index contributed by atoms with van der Waals surface area (Å²) in [5.41, 5.74) is 0. The van der Waals surface area contributed by atoms with Gasteiger partial charge in [0.05, 0.1) is 0 Å². The molecule has 0 aliphatic rings. The molecule has 0 unspecified atom stereocenters. The molecule has 0 spiro atoms. The first-order chi connectivity index (χ1) is 1.73. The van der Waals surface area contributed by atoms with E-state index in [9.17, 15) is 0 Å². The molecule has 0 saturated carbocycles. The van der Waals surface area contributed by atoms with Gasteiger partial charge in [-0.15, -0.1) is 0 Å². The first-order valence-electron chi connectivity index (χ1n) is 0.612. The Hall–Kier alpha value is 0.942. The topological polar surface area (TPSA) is 63.2 Å². The van der Waals surface area contributed by atoms with Crippen molar-refractivity contribution in [2.24, 2.45) is 0 Å². The van der Waals surface area contributed by atoms with E-state index in [1.165, 1.54) is 0 Å². The molecule has 0 aliphatic heterocycles. The minimum Gasteiger partial charge on any atom is -0.672 e. The summed E-state index contributed by atoms with van der Waals surface area (Å²) in [4.78, 5) is 17.0. The summed E-state index contributed by atoms with van der Waals surface area (Å²) < 4.78 is 8.52. The van der Waals surface area contributed by atoms with Crippen molar-refractivity contribution in [2.75, 3.05) is 0 Å². The summed E-state index contributed by atoms with van der Waals surface area (Å²) in [5, 5.41) is 0. The molecule has 0 fully saturated rings. The van der Waals surface area contributed by atoms with Crippen LogP contribution in [0.3, 0.4) is 0 Å². The first kappa shape index (κ1) is 9.34. The molecule has 0 aromatic rings. The molecule has 0 atom stereocenters. The van der Waals surface area contributed by atoms with Gasteiger partial charge in [0.2, 0.25) is 0 Å². The van der Waals surface area contributed by atoms with E-state index in [1.807, 2.05) is 0 Å². The Morgan fingerprint density at radius 2 is 1.40 bits per heavy atom. The zero-order valence-electron chi connectivity index (χ0n) is 2.22. The maximum Gasteiger partial charge on any atom is 2.00 e. The fourth-order valence-corrected chi connectivity index (χ4v) is 0. The van der Waals surface area contributed by atoms with Crippen LogP contribution in [0, 0.1) is 39.9 Å². The average molecular weight is 308 g/mol. The van der Waals surface area contributed by atoms with Gasteiger partial charge in [0.1, 0.15) is 0 Å². The van der Waals surface area contributed by atoms with Gasteiger partial charge in [-0.3, -0.25) is 0 Å². The van der Waals surface area contributed by atoms with Crippen molar-refractivity contribution >= 4 is 9.17 Å². The van der Waals surface area contributed by atoms with Crippen molar-refractivity contribution in [1.82, 2.24) is 0 Å². The molecule has 0 radical (unpaired) electrons. The zero-order valence-corrected chi connectivity index (χ0v) is 7.33. The van der Waals surface area contributed by atoms with E-state index in [2.05, 4.69) is 0 Å². The predicted molar refractivity (Wildman–Crippen MR) is 6.44 cm³/mol. The van der Waals surface area contributed by atoms with Crippen LogP contribution in [-0.4, -0.2) is 9.17 Å². The monoisotopic (exact) mass is 308 g/mol. The van der Waals surface area contributed by atoms with Crippen molar-refractivity contribution in [3.8, 4) is 0 Å². The molecule has 5 heavy (non-hydrogen) atoms. The Morgan fingerprint density at radius 3 is 1.40 bits per heavy atom. The van der Waals surface area contributed by atoms with Gasteiger partial charge in [0.15, 0.2) is 0 Å². The molecule has 0 N–H and O–H groups in total. The molecular weight excluding hydrogens is 308 g/mol. The third-order valence-electron chi connectivity index (χ3n) is 0. The molecule has 0 rings (SSSR count). The Kier molecular flexibility index (Phi) is 9.23. The van der Waals surface area contributed by atoms with Crippen molar-refractivity contribution in [3.05, 3.63) is 0 Å². The maximum atomic E-state index is 8.52. The van der Waals surface area contributed by atoms with Gasteiger partial charge in [-0.1, -0.05) is 0 Å². The molecular formula is O3SiTh. The maximum absolute atomic E-state index is 8.52. The van der Waals surface area contributed by atoms with E-state index >= 15 is 0 Å². The number of hydrogen-bond acceptors (Lipinski definition) is 3. The van der Waals surface area contributed by atoms with Crippen LogP contribution in [0.25, 0.3) is 0 Å². The predicted octanol–water partition coefficient (Wildman–Crippen LogP) is -2.88. The zero-order chi connectivity index (χ0) is 3.58. The van der Waals surface area contributed by atoms with E-state index in [0.29, 0.717) is 0 Å². The van der Waals surface area contributed by atoms with Gasteiger partial charge in [-0.05, 0) is 0 Å². The van der Waals surface area contributed by atoms with Crippen LogP contribution in [0.4, 0.5) is 0 Å². The van der Waals surface area contributed by atoms with Crippen LogP contribution in [0.1, 0.15) is 0 Å². The Morgan fingerprint density at radius 1 is 1.40 bits per heavy atom. The molecule has 0 saturated heterocycles. The van der Waals surface area contributed by atoms with E-state index in [1.54, 1.807) is 0 Å². The van der Waals surface area contributed by atoms with Crippen molar-refractivity contribution in [1.29, 1.82) is 0 Å². The quantitative estimate of drug-likeness (QED) is 0.452. The third kappa shape index (κ3) is 48.2. The van der Waals surface area contributed by atoms with Crippen LogP contribution in [-0.2, 0) is 4.46 Å². The van der Waals surface area contributed by atoms with Gasteiger partial charge in [0, 0.05) is 9.17 Å². The minimum absolute atomic E-state index is 0. The van der Waals surface area contributed by atoms with Crippen molar-refractivity contribution in [2.45, 2.75) is 0 Å². The average Bonchev–Trinajstić information content (AvgIpc) is 0.811. The molecule has 0 aromatic carbocycles. The van der Waals surface area contributed by atoms with Crippen molar-refractivity contribution in [3.63, 3.8) is 0 Å². The number of hydrogen-bond donors (Lipinski definition) is 0. The van der Waals surface area contributed by atoms with Gasteiger partial charge in [-0.2, -0.15) is 0 Å². The van der Waals surface area contributed by atoms with Crippen molar-refractivity contribution < 1.29 is 54.0 Å². The van der Waals surface area contributed by atoms with Crippen LogP contribution in [0.15, 0.2) is 0 Å². The van der Waals surface area contributed by atoms with Crippen LogP contribution < -0.4 is 9.59 Å². The standard InChI is InChI=1S/O3Si.Th/c1-4(2)3;/q-2;+2. The Balaban J connectivity index is 0. The van der Waals surface area contributed by atoms with Gasteiger partial charge in [-0.25, -0.2) is 0 Å². The summed E-state index contributed by atoms with van der Waals surface area (Å²) in [6.45, 7) is 0. The summed E-state index contributed by atoms with van der Waals surface area (Å²) in [6, 6.07) is 0. The van der Waals surface area contributed by atoms with E-state index in [-0.39, 0.29) is 39.9 Å². The second-order valence-corrected chi connectivity index (χ2v) is 0.750. The third-order valence-corrected chi connectivity index (χ3v) is 0. The summed E-state index contributed by atoms with van der Waals surface area (Å²) in [5.74, 6) is 0. The smallest absolute Gasteiger partial charge is 0.672 e. The van der Waals surface area contributed by atoms with E-state index in [0.717, 1.165) is 0 Å². The largest absolute Gasteiger partial charge is 2.00 e. The second-order valence-electron chi connectivity index (χ2n) is 0.250. The van der Waals surface area contributed by atoms with Gasteiger partial charge < -0.3 is 14.1 Å². The second kappa shape index (κ2) is 4.94. The summed E-state index contributed by atoms with van der Waals surface area (Å²) in [7, 11) is -3.63. The fourth-order valence-electron chi connectivity index (χ4n) is 0. The molecule has 5 heteroatoms. The normalized spacial score (nSPS) is 4.80.